The van der Waals surface area contributed by atoms with E-state index in [0.717, 1.165) is 27.7 Å². The molecule has 3 nitrogen and oxygen atoms in total. The summed E-state index contributed by atoms with van der Waals surface area (Å²) in [4.78, 5) is 0. The van der Waals surface area contributed by atoms with Gasteiger partial charge in [0.05, 0.1) is 0 Å². The van der Waals surface area contributed by atoms with Crippen LogP contribution in [0.5, 0.6) is 0 Å². The van der Waals surface area contributed by atoms with Gasteiger partial charge in [0.25, 0.3) is 0 Å². The lowest BCUT2D eigenvalue weighted by molar-refractivity contribution is 1.06. The zero-order chi connectivity index (χ0) is 13.2. The topological polar surface area (TPSA) is 30.7 Å². The van der Waals surface area contributed by atoms with Crippen LogP contribution in [0.3, 0.4) is 0 Å². The molecule has 0 aliphatic heterocycles. The van der Waals surface area contributed by atoms with E-state index < -0.39 is 0 Å². The van der Waals surface area contributed by atoms with E-state index in [4.69, 9.17) is 11.6 Å². The second-order valence-corrected chi connectivity index (χ2v) is 4.68. The lowest BCUT2D eigenvalue weighted by atomic mass is 10.1. The van der Waals surface area contributed by atoms with E-state index >= 15 is 0 Å². The summed E-state index contributed by atoms with van der Waals surface area (Å²) in [6, 6.07) is 15.8. The highest BCUT2D eigenvalue weighted by Crippen LogP contribution is 2.28. The molecule has 0 atom stereocenters. The SMILES string of the molecule is Cc1c(Cl)cccc1-c1nncn1-c1ccccc1. The molecule has 3 rings (SSSR count). The maximum atomic E-state index is 6.17. The van der Waals surface area contributed by atoms with Crippen molar-refractivity contribution in [3.05, 3.63) is 65.4 Å². The van der Waals surface area contributed by atoms with Gasteiger partial charge in [-0.1, -0.05) is 41.9 Å². The molecule has 0 aliphatic rings. The Bertz CT molecular complexity index is 704. The van der Waals surface area contributed by atoms with Gasteiger partial charge in [-0.05, 0) is 30.7 Å². The molecular weight excluding hydrogens is 258 g/mol. The summed E-state index contributed by atoms with van der Waals surface area (Å²) in [5.41, 5.74) is 3.03. The maximum Gasteiger partial charge on any atom is 0.168 e. The van der Waals surface area contributed by atoms with Gasteiger partial charge in [0.1, 0.15) is 6.33 Å². The zero-order valence-electron chi connectivity index (χ0n) is 10.4. The highest BCUT2D eigenvalue weighted by atomic mass is 35.5. The number of benzene rings is 2. The summed E-state index contributed by atoms with van der Waals surface area (Å²) < 4.78 is 1.96. The van der Waals surface area contributed by atoms with Crippen LogP contribution >= 0.6 is 11.6 Å². The Morgan fingerprint density at radius 2 is 1.79 bits per heavy atom. The van der Waals surface area contributed by atoms with Crippen molar-refractivity contribution in [2.45, 2.75) is 6.92 Å². The number of nitrogens with zero attached hydrogens (tertiary/aromatic N) is 3. The molecule has 0 saturated heterocycles. The van der Waals surface area contributed by atoms with E-state index in [1.54, 1.807) is 6.33 Å². The molecule has 0 saturated carbocycles. The molecule has 0 aliphatic carbocycles. The van der Waals surface area contributed by atoms with Crippen LogP contribution in [-0.2, 0) is 0 Å². The van der Waals surface area contributed by atoms with Crippen molar-refractivity contribution in [2.24, 2.45) is 0 Å². The first-order chi connectivity index (χ1) is 9.27. The van der Waals surface area contributed by atoms with Crippen molar-refractivity contribution in [3.8, 4) is 17.1 Å². The van der Waals surface area contributed by atoms with Crippen LogP contribution in [0.1, 0.15) is 5.56 Å². The Hall–Kier alpha value is -2.13. The van der Waals surface area contributed by atoms with Crippen LogP contribution < -0.4 is 0 Å². The highest BCUT2D eigenvalue weighted by Gasteiger charge is 2.12. The number of aromatic nitrogens is 3. The molecule has 1 aromatic heterocycles. The molecular formula is C15H12ClN3. The molecule has 0 spiro atoms. The van der Waals surface area contributed by atoms with Gasteiger partial charge in [0.2, 0.25) is 0 Å². The van der Waals surface area contributed by atoms with Gasteiger partial charge >= 0.3 is 0 Å². The largest absolute Gasteiger partial charge is 0.282 e. The summed E-state index contributed by atoms with van der Waals surface area (Å²) in [5.74, 6) is 0.797. The van der Waals surface area contributed by atoms with Gasteiger partial charge in [-0.25, -0.2) is 0 Å². The Kier molecular flexibility index (Phi) is 3.05. The normalized spacial score (nSPS) is 10.6. The standard InChI is InChI=1S/C15H12ClN3/c1-11-13(8-5-9-14(11)16)15-18-17-10-19(15)12-6-3-2-4-7-12/h2-10H,1H3. The predicted molar refractivity (Wildman–Crippen MR) is 76.5 cm³/mol. The molecule has 0 N–H and O–H groups in total. The van der Waals surface area contributed by atoms with Crippen molar-refractivity contribution < 1.29 is 0 Å². The van der Waals surface area contributed by atoms with Crippen LogP contribution in [-0.4, -0.2) is 14.8 Å². The fourth-order valence-electron chi connectivity index (χ4n) is 2.05. The van der Waals surface area contributed by atoms with E-state index in [-0.39, 0.29) is 0 Å². The molecule has 1 heterocycles. The molecule has 2 aromatic carbocycles. The second kappa shape index (κ2) is 4.86. The van der Waals surface area contributed by atoms with Crippen LogP contribution in [0, 0.1) is 6.92 Å². The summed E-state index contributed by atoms with van der Waals surface area (Å²) in [7, 11) is 0. The Labute approximate surface area is 116 Å². The quantitative estimate of drug-likeness (QED) is 0.706. The lowest BCUT2D eigenvalue weighted by Gasteiger charge is -2.09. The fraction of sp³-hybridized carbons (Fsp3) is 0.0667. The molecule has 0 bridgehead atoms. The van der Waals surface area contributed by atoms with Crippen molar-refractivity contribution >= 4 is 11.6 Å². The molecule has 0 radical (unpaired) electrons. The van der Waals surface area contributed by atoms with Crippen molar-refractivity contribution in [1.29, 1.82) is 0 Å². The van der Waals surface area contributed by atoms with Crippen molar-refractivity contribution in [2.75, 3.05) is 0 Å². The molecule has 0 unspecified atom stereocenters. The van der Waals surface area contributed by atoms with E-state index in [1.165, 1.54) is 0 Å². The number of rotatable bonds is 2. The monoisotopic (exact) mass is 269 g/mol. The lowest BCUT2D eigenvalue weighted by Crippen LogP contribution is -1.97. The molecule has 94 valence electrons. The van der Waals surface area contributed by atoms with E-state index in [0.29, 0.717) is 0 Å². The van der Waals surface area contributed by atoms with E-state index in [1.807, 2.05) is 60.0 Å². The maximum absolute atomic E-state index is 6.17. The molecule has 0 fully saturated rings. The smallest absolute Gasteiger partial charge is 0.168 e. The fourth-order valence-corrected chi connectivity index (χ4v) is 2.22. The van der Waals surface area contributed by atoms with Gasteiger partial charge in [-0.3, -0.25) is 4.57 Å². The first-order valence-corrected chi connectivity index (χ1v) is 6.36. The summed E-state index contributed by atoms with van der Waals surface area (Å²) in [6.45, 7) is 1.99. The minimum absolute atomic E-state index is 0.736. The Morgan fingerprint density at radius 3 is 2.58 bits per heavy atom. The van der Waals surface area contributed by atoms with E-state index in [2.05, 4.69) is 10.2 Å². The van der Waals surface area contributed by atoms with Crippen LogP contribution in [0.15, 0.2) is 54.9 Å². The summed E-state index contributed by atoms with van der Waals surface area (Å²) in [5, 5.41) is 8.97. The first kappa shape index (κ1) is 11.9. The Balaban J connectivity index is 2.18. The minimum Gasteiger partial charge on any atom is -0.282 e. The van der Waals surface area contributed by atoms with E-state index in [9.17, 15) is 0 Å². The van der Waals surface area contributed by atoms with Crippen molar-refractivity contribution in [1.82, 2.24) is 14.8 Å². The predicted octanol–water partition coefficient (Wildman–Crippen LogP) is 3.90. The number of hydrogen-bond donors (Lipinski definition) is 0. The van der Waals surface area contributed by atoms with Crippen LogP contribution in [0.2, 0.25) is 5.02 Å². The molecule has 0 amide bonds. The third-order valence-electron chi connectivity index (χ3n) is 3.09. The van der Waals surface area contributed by atoms with Gasteiger partial charge in [-0.15, -0.1) is 10.2 Å². The minimum atomic E-state index is 0.736. The zero-order valence-corrected chi connectivity index (χ0v) is 11.2. The third kappa shape index (κ3) is 2.13. The third-order valence-corrected chi connectivity index (χ3v) is 3.50. The first-order valence-electron chi connectivity index (χ1n) is 5.98. The molecule has 3 aromatic rings. The average molecular weight is 270 g/mol. The second-order valence-electron chi connectivity index (χ2n) is 4.27. The summed E-state index contributed by atoms with van der Waals surface area (Å²) in [6.07, 6.45) is 1.71. The average Bonchev–Trinajstić information content (AvgIpc) is 2.92. The Morgan fingerprint density at radius 1 is 1.00 bits per heavy atom. The van der Waals surface area contributed by atoms with Gasteiger partial charge in [0, 0.05) is 16.3 Å². The van der Waals surface area contributed by atoms with Gasteiger partial charge in [0.15, 0.2) is 5.82 Å². The summed E-state index contributed by atoms with van der Waals surface area (Å²) >= 11 is 6.17. The van der Waals surface area contributed by atoms with Gasteiger partial charge in [-0.2, -0.15) is 0 Å². The van der Waals surface area contributed by atoms with Crippen LogP contribution in [0.25, 0.3) is 17.1 Å². The number of halogens is 1. The number of hydrogen-bond acceptors (Lipinski definition) is 2. The molecule has 4 heteroatoms. The molecule has 19 heavy (non-hydrogen) atoms. The van der Waals surface area contributed by atoms with Crippen LogP contribution in [0.4, 0.5) is 0 Å². The van der Waals surface area contributed by atoms with Crippen molar-refractivity contribution in [3.63, 3.8) is 0 Å². The number of para-hydroxylation sites is 1. The van der Waals surface area contributed by atoms with Gasteiger partial charge < -0.3 is 0 Å². The highest BCUT2D eigenvalue weighted by molar-refractivity contribution is 6.31.